The molecule has 0 radical (unpaired) electrons. The molecule has 1 aromatic carbocycles. The number of halogens is 1. The normalized spacial score (nSPS) is 10.7. The van der Waals surface area contributed by atoms with E-state index in [0.29, 0.717) is 42.4 Å². The minimum Gasteiger partial charge on any atom is -0.494 e. The predicted octanol–water partition coefficient (Wildman–Crippen LogP) is 2.77. The molecular formula is C21H25ClN8O3. The van der Waals surface area contributed by atoms with Gasteiger partial charge in [0.15, 0.2) is 5.65 Å². The fourth-order valence-corrected chi connectivity index (χ4v) is 3.11. The van der Waals surface area contributed by atoms with Gasteiger partial charge in [-0.15, -0.1) is 12.4 Å². The van der Waals surface area contributed by atoms with E-state index in [9.17, 15) is 4.79 Å². The van der Waals surface area contributed by atoms with E-state index in [4.69, 9.17) is 15.6 Å². The van der Waals surface area contributed by atoms with Crippen LogP contribution in [0, 0.1) is 0 Å². The fourth-order valence-electron chi connectivity index (χ4n) is 3.11. The molecule has 0 saturated carbocycles. The number of nitrogens with two attached hydrogens (primary N) is 1. The molecule has 0 aliphatic heterocycles. The molecule has 174 valence electrons. The third-order valence-electron chi connectivity index (χ3n) is 4.69. The predicted molar refractivity (Wildman–Crippen MR) is 125 cm³/mol. The Bertz CT molecular complexity index is 1190. The molecule has 0 aliphatic rings. The second-order valence-corrected chi connectivity index (χ2v) is 7.12. The van der Waals surface area contributed by atoms with Crippen LogP contribution in [0.25, 0.3) is 16.9 Å². The van der Waals surface area contributed by atoms with Gasteiger partial charge in [-0.25, -0.2) is 9.97 Å². The lowest BCUT2D eigenvalue weighted by Gasteiger charge is -2.08. The number of ether oxygens (including phenoxy) is 1. The number of rotatable bonds is 11. The molecule has 33 heavy (non-hydrogen) atoms. The molecule has 0 unspecified atom stereocenters. The molecule has 0 amide bonds. The first-order valence-electron chi connectivity index (χ1n) is 10.3. The number of hydrogen-bond donors (Lipinski definition) is 3. The zero-order chi connectivity index (χ0) is 22.3. The van der Waals surface area contributed by atoms with Gasteiger partial charge in [-0.2, -0.15) is 10.1 Å². The molecule has 3 aromatic heterocycles. The van der Waals surface area contributed by atoms with E-state index < -0.39 is 5.97 Å². The number of benzene rings is 1. The highest BCUT2D eigenvalue weighted by atomic mass is 35.5. The minimum absolute atomic E-state index is 0. The van der Waals surface area contributed by atoms with Crippen LogP contribution in [0.15, 0.2) is 49.2 Å². The maximum Gasteiger partial charge on any atom is 0.303 e. The highest BCUT2D eigenvalue weighted by Crippen LogP contribution is 2.21. The summed E-state index contributed by atoms with van der Waals surface area (Å²) in [4.78, 5) is 23.9. The summed E-state index contributed by atoms with van der Waals surface area (Å²) in [6, 6.07) is 7.45. The van der Waals surface area contributed by atoms with Crippen molar-refractivity contribution in [2.24, 2.45) is 5.73 Å². The first kappa shape index (κ1) is 24.0. The van der Waals surface area contributed by atoms with Crippen molar-refractivity contribution >= 4 is 41.2 Å². The molecule has 0 fully saturated rings. The van der Waals surface area contributed by atoms with Gasteiger partial charge in [0.2, 0.25) is 5.95 Å². The third kappa shape index (κ3) is 6.18. The van der Waals surface area contributed by atoms with Crippen molar-refractivity contribution in [2.45, 2.75) is 25.8 Å². The number of nitrogens with one attached hydrogen (secondary N) is 1. The Morgan fingerprint density at radius 2 is 1.97 bits per heavy atom. The van der Waals surface area contributed by atoms with E-state index in [2.05, 4.69) is 25.4 Å². The number of hydrogen-bond acceptors (Lipinski definition) is 8. The molecule has 3 heterocycles. The van der Waals surface area contributed by atoms with Gasteiger partial charge in [-0.3, -0.25) is 14.0 Å². The smallest absolute Gasteiger partial charge is 0.303 e. The summed E-state index contributed by atoms with van der Waals surface area (Å²) in [7, 11) is 0. The molecule has 0 spiro atoms. The summed E-state index contributed by atoms with van der Waals surface area (Å²) in [6.07, 6.45) is 8.36. The molecule has 0 atom stereocenters. The second kappa shape index (κ2) is 11.2. The first-order valence-corrected chi connectivity index (χ1v) is 10.3. The van der Waals surface area contributed by atoms with Crippen LogP contribution >= 0.6 is 12.4 Å². The summed E-state index contributed by atoms with van der Waals surface area (Å²) in [5, 5.41) is 16.1. The van der Waals surface area contributed by atoms with Crippen LogP contribution in [0.2, 0.25) is 0 Å². The molecule has 0 aliphatic carbocycles. The number of aromatic nitrogens is 6. The molecule has 4 rings (SSSR count). The van der Waals surface area contributed by atoms with Crippen LogP contribution in [-0.4, -0.2) is 53.5 Å². The Labute approximate surface area is 196 Å². The zero-order valence-electron chi connectivity index (χ0n) is 17.8. The number of carboxylic acid groups (broad SMARTS) is 1. The van der Waals surface area contributed by atoms with E-state index in [1.165, 1.54) is 0 Å². The van der Waals surface area contributed by atoms with Crippen LogP contribution in [0.5, 0.6) is 5.75 Å². The number of carboxylic acids is 1. The van der Waals surface area contributed by atoms with Gasteiger partial charge < -0.3 is 20.9 Å². The van der Waals surface area contributed by atoms with Crippen molar-refractivity contribution in [1.29, 1.82) is 0 Å². The molecule has 0 bridgehead atoms. The average Bonchev–Trinajstić information content (AvgIpc) is 3.42. The highest BCUT2D eigenvalue weighted by molar-refractivity contribution is 5.85. The van der Waals surface area contributed by atoms with Crippen molar-refractivity contribution in [1.82, 2.24) is 29.3 Å². The Balaban J connectivity index is 0.00000306. The van der Waals surface area contributed by atoms with E-state index in [0.717, 1.165) is 24.3 Å². The summed E-state index contributed by atoms with van der Waals surface area (Å²) < 4.78 is 9.27. The quantitative estimate of drug-likeness (QED) is 0.280. The largest absolute Gasteiger partial charge is 0.494 e. The standard InChI is InChI=1S/C21H24N8O3.ClH/c22-8-2-9-28-13-15(11-25-28)26-21-23-12-18-20(27-21)29(14-24-18)16-4-6-17(7-5-16)32-10-1-3-19(30)31;/h4-7,11-14H,1-3,8-10,22H2,(H,30,31)(H,23,26,27);1H. The number of imidazole rings is 1. The van der Waals surface area contributed by atoms with Crippen molar-refractivity contribution < 1.29 is 14.6 Å². The van der Waals surface area contributed by atoms with E-state index >= 15 is 0 Å². The fraction of sp³-hybridized carbons (Fsp3) is 0.286. The Morgan fingerprint density at radius 3 is 2.73 bits per heavy atom. The topological polar surface area (TPSA) is 146 Å². The lowest BCUT2D eigenvalue weighted by Crippen LogP contribution is -2.05. The second-order valence-electron chi connectivity index (χ2n) is 7.12. The van der Waals surface area contributed by atoms with Crippen molar-refractivity contribution in [2.75, 3.05) is 18.5 Å². The van der Waals surface area contributed by atoms with Crippen molar-refractivity contribution in [3.8, 4) is 11.4 Å². The van der Waals surface area contributed by atoms with Crippen LogP contribution in [0.4, 0.5) is 11.6 Å². The van der Waals surface area contributed by atoms with Crippen molar-refractivity contribution in [3.63, 3.8) is 0 Å². The minimum atomic E-state index is -0.827. The summed E-state index contributed by atoms with van der Waals surface area (Å²) in [5.74, 6) is 0.287. The lowest BCUT2D eigenvalue weighted by molar-refractivity contribution is -0.137. The van der Waals surface area contributed by atoms with E-state index in [-0.39, 0.29) is 18.8 Å². The molecular weight excluding hydrogens is 448 g/mol. The molecule has 4 N–H and O–H groups in total. The molecule has 0 saturated heterocycles. The number of carbonyl (C=O) groups is 1. The SMILES string of the molecule is Cl.NCCCn1cc(Nc2ncc3ncn(-c4ccc(OCCCC(=O)O)cc4)c3n2)cn1. The van der Waals surface area contributed by atoms with Crippen LogP contribution in [0.3, 0.4) is 0 Å². The maximum atomic E-state index is 10.6. The van der Waals surface area contributed by atoms with Gasteiger partial charge in [0, 0.05) is 24.8 Å². The number of anilines is 2. The van der Waals surface area contributed by atoms with Crippen LogP contribution in [0.1, 0.15) is 19.3 Å². The van der Waals surface area contributed by atoms with Gasteiger partial charge in [-0.1, -0.05) is 0 Å². The summed E-state index contributed by atoms with van der Waals surface area (Å²) in [6.45, 7) is 1.72. The van der Waals surface area contributed by atoms with Crippen LogP contribution in [-0.2, 0) is 11.3 Å². The van der Waals surface area contributed by atoms with Gasteiger partial charge in [0.05, 0.1) is 24.7 Å². The molecule has 11 nitrogen and oxygen atoms in total. The van der Waals surface area contributed by atoms with Gasteiger partial charge >= 0.3 is 5.97 Å². The Morgan fingerprint density at radius 1 is 1.15 bits per heavy atom. The average molecular weight is 473 g/mol. The molecule has 4 aromatic rings. The van der Waals surface area contributed by atoms with Crippen LogP contribution < -0.4 is 15.8 Å². The van der Waals surface area contributed by atoms with Crippen molar-refractivity contribution in [3.05, 3.63) is 49.2 Å². The third-order valence-corrected chi connectivity index (χ3v) is 4.69. The zero-order valence-corrected chi connectivity index (χ0v) is 18.6. The maximum absolute atomic E-state index is 10.6. The highest BCUT2D eigenvalue weighted by Gasteiger charge is 2.10. The Hall–Kier alpha value is -3.70. The number of fused-ring (bicyclic) bond motifs is 1. The summed E-state index contributed by atoms with van der Waals surface area (Å²) >= 11 is 0. The first-order chi connectivity index (χ1) is 15.6. The van der Waals surface area contributed by atoms with Gasteiger partial charge in [0.1, 0.15) is 17.6 Å². The van der Waals surface area contributed by atoms with Gasteiger partial charge in [-0.05, 0) is 43.7 Å². The number of aliphatic carboxylic acids is 1. The van der Waals surface area contributed by atoms with E-state index in [1.54, 1.807) is 18.7 Å². The Kier molecular flexibility index (Phi) is 8.17. The summed E-state index contributed by atoms with van der Waals surface area (Å²) in [5.41, 5.74) is 8.53. The van der Waals surface area contributed by atoms with Gasteiger partial charge in [0.25, 0.3) is 0 Å². The molecule has 12 heteroatoms. The number of aryl methyl sites for hydroxylation is 1. The monoisotopic (exact) mass is 472 g/mol. The van der Waals surface area contributed by atoms with E-state index in [1.807, 2.05) is 39.7 Å². The lowest BCUT2D eigenvalue weighted by atomic mass is 10.3. The number of nitrogens with zero attached hydrogens (tertiary/aromatic N) is 6.